The Bertz CT molecular complexity index is 308. The van der Waals surface area contributed by atoms with Crippen LogP contribution in [0.2, 0.25) is 0 Å². The molecule has 0 saturated carbocycles. The summed E-state index contributed by atoms with van der Waals surface area (Å²) in [6, 6.07) is 5.09. The maximum Gasteiger partial charge on any atom is 0.249 e. The third kappa shape index (κ3) is 2.91. The van der Waals surface area contributed by atoms with Crippen LogP contribution in [0, 0.1) is 0 Å². The number of nitrogens with one attached hydrogen (secondary N) is 1. The Hall–Kier alpha value is -1.29. The zero-order valence-electron chi connectivity index (χ0n) is 7.91. The third-order valence-electron chi connectivity index (χ3n) is 1.80. The van der Waals surface area contributed by atoms with Crippen LogP contribution in [0.3, 0.4) is 0 Å². The van der Waals surface area contributed by atoms with E-state index in [1.807, 2.05) is 18.0 Å². The molecule has 1 aromatic heterocycles. The first-order valence-corrected chi connectivity index (χ1v) is 4.13. The fourth-order valence-electron chi connectivity index (χ4n) is 1.01. The monoisotopic (exact) mass is 182 g/mol. The largest absolute Gasteiger partial charge is 0.383 e. The van der Waals surface area contributed by atoms with Crippen LogP contribution in [0.4, 0.5) is 5.82 Å². The summed E-state index contributed by atoms with van der Waals surface area (Å²) in [7, 11) is 3.56. The first-order chi connectivity index (χ1) is 6.24. The molecule has 0 radical (unpaired) electrons. The highest BCUT2D eigenvalue weighted by atomic mass is 16.5. The van der Waals surface area contributed by atoms with Gasteiger partial charge in [-0.15, -0.1) is 0 Å². The lowest BCUT2D eigenvalue weighted by Gasteiger charge is -2.17. The van der Waals surface area contributed by atoms with Crippen LogP contribution in [-0.2, 0) is 4.74 Å². The number of aromatic nitrogens is 1. The number of ether oxygens (including phenoxy) is 1. The van der Waals surface area contributed by atoms with Crippen LogP contribution in [0.5, 0.6) is 0 Å². The van der Waals surface area contributed by atoms with Crippen LogP contribution >= 0.6 is 0 Å². The van der Waals surface area contributed by atoms with E-state index in [-0.39, 0.29) is 5.56 Å². The van der Waals surface area contributed by atoms with Crippen LogP contribution in [0.25, 0.3) is 0 Å². The van der Waals surface area contributed by atoms with Gasteiger partial charge in [-0.1, -0.05) is 6.07 Å². The summed E-state index contributed by atoms with van der Waals surface area (Å²) in [4.78, 5) is 15.6. The topological polar surface area (TPSA) is 45.3 Å². The molecule has 0 amide bonds. The molecule has 0 saturated heterocycles. The molecule has 0 atom stereocenters. The van der Waals surface area contributed by atoms with Gasteiger partial charge in [0.2, 0.25) is 5.56 Å². The lowest BCUT2D eigenvalue weighted by Crippen LogP contribution is -2.24. The molecule has 1 N–H and O–H groups in total. The van der Waals surface area contributed by atoms with Crippen molar-refractivity contribution in [2.24, 2.45) is 0 Å². The van der Waals surface area contributed by atoms with Crippen LogP contribution in [0.1, 0.15) is 0 Å². The van der Waals surface area contributed by atoms with E-state index in [0.717, 1.165) is 12.4 Å². The standard InChI is InChI=1S/C9H14N2O2/c1-11(6-7-13-2)8-4-3-5-9(12)10-8/h3-5H,6-7H2,1-2H3,(H,10,12). The van der Waals surface area contributed by atoms with Crippen molar-refractivity contribution in [3.05, 3.63) is 28.6 Å². The molecule has 0 unspecified atom stereocenters. The molecule has 0 aliphatic heterocycles. The van der Waals surface area contributed by atoms with E-state index in [0.29, 0.717) is 6.61 Å². The van der Waals surface area contributed by atoms with Crippen molar-refractivity contribution in [3.63, 3.8) is 0 Å². The molecule has 0 aromatic carbocycles. The Kier molecular flexibility index (Phi) is 3.52. The lowest BCUT2D eigenvalue weighted by atomic mass is 10.4. The molecule has 13 heavy (non-hydrogen) atoms. The van der Waals surface area contributed by atoms with Crippen molar-refractivity contribution >= 4 is 5.82 Å². The van der Waals surface area contributed by atoms with E-state index in [1.54, 1.807) is 13.2 Å². The van der Waals surface area contributed by atoms with Crippen molar-refractivity contribution in [3.8, 4) is 0 Å². The fourth-order valence-corrected chi connectivity index (χ4v) is 1.01. The molecule has 72 valence electrons. The molecule has 1 heterocycles. The summed E-state index contributed by atoms with van der Waals surface area (Å²) in [6.07, 6.45) is 0. The first kappa shape index (κ1) is 9.80. The molecule has 4 heteroatoms. The summed E-state index contributed by atoms with van der Waals surface area (Å²) in [5.74, 6) is 0.810. The number of methoxy groups -OCH3 is 1. The van der Waals surface area contributed by atoms with Gasteiger partial charge >= 0.3 is 0 Å². The van der Waals surface area contributed by atoms with Crippen molar-refractivity contribution in [2.75, 3.05) is 32.2 Å². The van der Waals surface area contributed by atoms with Gasteiger partial charge in [-0.2, -0.15) is 0 Å². The Morgan fingerprint density at radius 2 is 2.31 bits per heavy atom. The summed E-state index contributed by atoms with van der Waals surface area (Å²) >= 11 is 0. The Labute approximate surface area is 77.1 Å². The molecule has 1 rings (SSSR count). The highest BCUT2D eigenvalue weighted by Crippen LogP contribution is 2.03. The van der Waals surface area contributed by atoms with Crippen molar-refractivity contribution in [2.45, 2.75) is 0 Å². The summed E-state index contributed by atoms with van der Waals surface area (Å²) in [6.45, 7) is 1.41. The van der Waals surface area contributed by atoms with Gasteiger partial charge in [-0.05, 0) is 6.07 Å². The van der Waals surface area contributed by atoms with Gasteiger partial charge in [-0.25, -0.2) is 0 Å². The van der Waals surface area contributed by atoms with E-state index in [2.05, 4.69) is 4.98 Å². The van der Waals surface area contributed by atoms with E-state index in [1.165, 1.54) is 6.07 Å². The number of pyridine rings is 1. The Morgan fingerprint density at radius 3 is 2.92 bits per heavy atom. The second-order valence-corrected chi connectivity index (χ2v) is 2.81. The van der Waals surface area contributed by atoms with Crippen molar-refractivity contribution < 1.29 is 4.74 Å². The predicted molar refractivity (Wildman–Crippen MR) is 52.2 cm³/mol. The molecular weight excluding hydrogens is 168 g/mol. The minimum Gasteiger partial charge on any atom is -0.383 e. The van der Waals surface area contributed by atoms with Gasteiger partial charge in [0.15, 0.2) is 0 Å². The average Bonchev–Trinajstić information content (AvgIpc) is 2.14. The number of anilines is 1. The van der Waals surface area contributed by atoms with Crippen molar-refractivity contribution in [1.82, 2.24) is 4.98 Å². The third-order valence-corrected chi connectivity index (χ3v) is 1.80. The van der Waals surface area contributed by atoms with Gasteiger partial charge < -0.3 is 14.6 Å². The lowest BCUT2D eigenvalue weighted by molar-refractivity contribution is 0.206. The molecule has 0 aliphatic rings. The minimum absolute atomic E-state index is 0.0817. The molecule has 0 aliphatic carbocycles. The smallest absolute Gasteiger partial charge is 0.249 e. The zero-order chi connectivity index (χ0) is 9.68. The van der Waals surface area contributed by atoms with Crippen molar-refractivity contribution in [1.29, 1.82) is 0 Å². The maximum atomic E-state index is 11.0. The molecular formula is C9H14N2O2. The maximum absolute atomic E-state index is 11.0. The summed E-state index contributed by atoms with van der Waals surface area (Å²) in [5.41, 5.74) is -0.0817. The highest BCUT2D eigenvalue weighted by molar-refractivity contribution is 5.36. The Morgan fingerprint density at radius 1 is 1.54 bits per heavy atom. The molecule has 4 nitrogen and oxygen atoms in total. The summed E-state index contributed by atoms with van der Waals surface area (Å²) in [5, 5.41) is 0. The predicted octanol–water partition coefficient (Wildman–Crippen LogP) is 0.458. The average molecular weight is 182 g/mol. The number of hydrogen-bond donors (Lipinski definition) is 1. The molecule has 0 spiro atoms. The van der Waals surface area contributed by atoms with Gasteiger partial charge in [-0.3, -0.25) is 4.79 Å². The second kappa shape index (κ2) is 4.67. The zero-order valence-corrected chi connectivity index (χ0v) is 7.91. The van der Waals surface area contributed by atoms with Crippen LogP contribution < -0.4 is 10.5 Å². The van der Waals surface area contributed by atoms with Crippen LogP contribution in [0.15, 0.2) is 23.0 Å². The SMILES string of the molecule is COCCN(C)c1cccc(=O)[nH]1. The van der Waals surface area contributed by atoms with Gasteiger partial charge in [0.1, 0.15) is 5.82 Å². The number of H-pyrrole nitrogens is 1. The quantitative estimate of drug-likeness (QED) is 0.735. The number of likely N-dealkylation sites (N-methyl/N-ethyl adjacent to an activating group) is 1. The Balaban J connectivity index is 2.65. The molecule has 0 fully saturated rings. The number of nitrogens with zero attached hydrogens (tertiary/aromatic N) is 1. The number of hydrogen-bond acceptors (Lipinski definition) is 3. The van der Waals surface area contributed by atoms with E-state index >= 15 is 0 Å². The summed E-state index contributed by atoms with van der Waals surface area (Å²) < 4.78 is 4.93. The minimum atomic E-state index is -0.0817. The van der Waals surface area contributed by atoms with E-state index < -0.39 is 0 Å². The number of aromatic amines is 1. The number of rotatable bonds is 4. The van der Waals surface area contributed by atoms with Gasteiger partial charge in [0.05, 0.1) is 6.61 Å². The molecule has 1 aromatic rings. The normalized spacial score (nSPS) is 10.0. The fraction of sp³-hybridized carbons (Fsp3) is 0.444. The van der Waals surface area contributed by atoms with Gasteiger partial charge in [0, 0.05) is 26.8 Å². The second-order valence-electron chi connectivity index (χ2n) is 2.81. The molecule has 0 bridgehead atoms. The van der Waals surface area contributed by atoms with E-state index in [9.17, 15) is 4.79 Å². The van der Waals surface area contributed by atoms with Crippen LogP contribution in [-0.4, -0.2) is 32.3 Å². The first-order valence-electron chi connectivity index (χ1n) is 4.13. The highest BCUT2D eigenvalue weighted by Gasteiger charge is 1.99. The van der Waals surface area contributed by atoms with E-state index in [4.69, 9.17) is 4.74 Å². The van der Waals surface area contributed by atoms with Gasteiger partial charge in [0.25, 0.3) is 0 Å².